The Morgan fingerprint density at radius 1 is 1.17 bits per heavy atom. The first-order chi connectivity index (χ1) is 8.39. The van der Waals surface area contributed by atoms with Crippen molar-refractivity contribution in [2.24, 2.45) is 16.7 Å². The minimum Gasteiger partial charge on any atom is -0.389 e. The molecule has 1 N–H and O–H groups in total. The molecule has 0 aromatic rings. The minimum absolute atomic E-state index is 0.107. The van der Waals surface area contributed by atoms with Crippen LogP contribution in [0.5, 0.6) is 0 Å². The molecule has 2 saturated carbocycles. The van der Waals surface area contributed by atoms with Gasteiger partial charge in [-0.25, -0.2) is 0 Å². The zero-order valence-corrected chi connectivity index (χ0v) is 12.3. The fourth-order valence-corrected chi connectivity index (χ4v) is 5.11. The molecule has 2 nitrogen and oxygen atoms in total. The third-order valence-electron chi connectivity index (χ3n) is 7.02. The number of hydrogen-bond donors (Lipinski definition) is 1. The fraction of sp³-hybridized carbons (Fsp3) is 1.00. The molecule has 2 bridgehead atoms. The van der Waals surface area contributed by atoms with Crippen molar-refractivity contribution in [1.82, 2.24) is 4.90 Å². The van der Waals surface area contributed by atoms with Gasteiger partial charge in [0.25, 0.3) is 0 Å². The van der Waals surface area contributed by atoms with Gasteiger partial charge in [-0.05, 0) is 76.4 Å². The van der Waals surface area contributed by atoms with Crippen LogP contribution in [0.2, 0.25) is 0 Å². The molecule has 2 heteroatoms. The molecule has 18 heavy (non-hydrogen) atoms. The second-order valence-corrected chi connectivity index (χ2v) is 7.81. The molecule has 3 rings (SSSR count). The summed E-state index contributed by atoms with van der Waals surface area (Å²) in [7, 11) is 0. The van der Waals surface area contributed by atoms with E-state index in [-0.39, 0.29) is 10.8 Å². The summed E-state index contributed by atoms with van der Waals surface area (Å²) in [4.78, 5) is 2.60. The number of hydrogen-bond acceptors (Lipinski definition) is 2. The Morgan fingerprint density at radius 3 is 2.39 bits per heavy atom. The zero-order chi connectivity index (χ0) is 13.0. The van der Waals surface area contributed by atoms with E-state index >= 15 is 0 Å². The van der Waals surface area contributed by atoms with Gasteiger partial charge >= 0.3 is 0 Å². The van der Waals surface area contributed by atoms with Crippen LogP contribution in [-0.4, -0.2) is 35.2 Å². The Kier molecular flexibility index (Phi) is 2.84. The van der Waals surface area contributed by atoms with Gasteiger partial charge in [0.2, 0.25) is 0 Å². The molecule has 1 heterocycles. The highest BCUT2D eigenvalue weighted by Crippen LogP contribution is 2.69. The summed E-state index contributed by atoms with van der Waals surface area (Å²) >= 11 is 0. The SMILES string of the molecule is CC1(C)[C@@H]2CC[C@@](CCN3CCCC3)(C2)[C@]1(C)O. The Hall–Kier alpha value is -0.0800. The van der Waals surface area contributed by atoms with Gasteiger partial charge in [-0.15, -0.1) is 0 Å². The Morgan fingerprint density at radius 2 is 1.83 bits per heavy atom. The van der Waals surface area contributed by atoms with Crippen LogP contribution < -0.4 is 0 Å². The Labute approximate surface area is 112 Å². The predicted molar refractivity (Wildman–Crippen MR) is 74.5 cm³/mol. The van der Waals surface area contributed by atoms with Crippen LogP contribution in [-0.2, 0) is 0 Å². The average Bonchev–Trinajstić information content (AvgIpc) is 2.98. The molecule has 1 aliphatic heterocycles. The molecule has 0 amide bonds. The molecule has 3 atom stereocenters. The van der Waals surface area contributed by atoms with Gasteiger partial charge in [0.15, 0.2) is 0 Å². The first-order valence-corrected chi connectivity index (χ1v) is 7.84. The van der Waals surface area contributed by atoms with E-state index in [1.807, 2.05) is 0 Å². The summed E-state index contributed by atoms with van der Waals surface area (Å²) in [5.41, 5.74) is -0.150. The minimum atomic E-state index is -0.470. The van der Waals surface area contributed by atoms with Gasteiger partial charge in [0.1, 0.15) is 0 Å². The lowest BCUT2D eigenvalue weighted by Crippen LogP contribution is -2.53. The third-order valence-corrected chi connectivity index (χ3v) is 7.02. The Bertz CT molecular complexity index is 330. The highest BCUT2D eigenvalue weighted by molar-refractivity contribution is 5.17. The van der Waals surface area contributed by atoms with Crippen molar-refractivity contribution in [3.05, 3.63) is 0 Å². The van der Waals surface area contributed by atoms with E-state index in [1.165, 1.54) is 58.2 Å². The van der Waals surface area contributed by atoms with Crippen molar-refractivity contribution in [2.45, 2.75) is 64.9 Å². The highest BCUT2D eigenvalue weighted by Gasteiger charge is 2.67. The lowest BCUT2D eigenvalue weighted by atomic mass is 9.59. The van der Waals surface area contributed by atoms with Crippen LogP contribution >= 0.6 is 0 Å². The summed E-state index contributed by atoms with van der Waals surface area (Å²) in [6, 6.07) is 0. The molecule has 0 unspecified atom stereocenters. The zero-order valence-electron chi connectivity index (χ0n) is 12.3. The van der Waals surface area contributed by atoms with Crippen LogP contribution in [0.1, 0.15) is 59.3 Å². The van der Waals surface area contributed by atoms with E-state index in [2.05, 4.69) is 25.7 Å². The van der Waals surface area contributed by atoms with E-state index in [9.17, 15) is 5.11 Å². The van der Waals surface area contributed by atoms with E-state index < -0.39 is 5.60 Å². The number of rotatable bonds is 3. The first-order valence-electron chi connectivity index (χ1n) is 7.84. The van der Waals surface area contributed by atoms with Gasteiger partial charge in [-0.3, -0.25) is 0 Å². The lowest BCUT2D eigenvalue weighted by Gasteiger charge is -2.50. The van der Waals surface area contributed by atoms with E-state index in [1.54, 1.807) is 0 Å². The summed E-state index contributed by atoms with van der Waals surface area (Å²) in [6.07, 6.45) is 7.81. The molecule has 3 aliphatic rings. The third kappa shape index (κ3) is 1.54. The normalized spacial score (nSPS) is 47.0. The maximum absolute atomic E-state index is 11.1. The number of nitrogens with zero attached hydrogens (tertiary/aromatic N) is 1. The van der Waals surface area contributed by atoms with E-state index in [0.717, 1.165) is 5.92 Å². The summed E-state index contributed by atoms with van der Waals surface area (Å²) < 4.78 is 0. The van der Waals surface area contributed by atoms with Gasteiger partial charge in [0.05, 0.1) is 5.60 Å². The standard InChI is InChI=1S/C16H29NO/c1-14(2)13-6-7-16(12-13,15(14,3)18)8-11-17-9-4-5-10-17/h13,18H,4-12H2,1-3H3/t13-,15-,16-/m1/s1. The number of likely N-dealkylation sites (tertiary alicyclic amines) is 1. The van der Waals surface area contributed by atoms with Crippen molar-refractivity contribution < 1.29 is 5.11 Å². The van der Waals surface area contributed by atoms with Crippen LogP contribution in [0.15, 0.2) is 0 Å². The summed E-state index contributed by atoms with van der Waals surface area (Å²) in [5.74, 6) is 0.742. The second-order valence-electron chi connectivity index (χ2n) is 7.81. The van der Waals surface area contributed by atoms with Crippen molar-refractivity contribution in [3.8, 4) is 0 Å². The van der Waals surface area contributed by atoms with Crippen LogP contribution in [0.25, 0.3) is 0 Å². The molecule has 0 aromatic carbocycles. The van der Waals surface area contributed by atoms with E-state index in [0.29, 0.717) is 0 Å². The van der Waals surface area contributed by atoms with E-state index in [4.69, 9.17) is 0 Å². The van der Waals surface area contributed by atoms with Gasteiger partial charge in [-0.2, -0.15) is 0 Å². The molecular weight excluding hydrogens is 222 g/mol. The summed E-state index contributed by atoms with van der Waals surface area (Å²) in [5, 5.41) is 11.1. The average molecular weight is 251 g/mol. The largest absolute Gasteiger partial charge is 0.389 e. The first kappa shape index (κ1) is 12.9. The molecule has 3 fully saturated rings. The van der Waals surface area contributed by atoms with Gasteiger partial charge in [-0.1, -0.05) is 13.8 Å². The van der Waals surface area contributed by atoms with Gasteiger partial charge in [0, 0.05) is 5.41 Å². The Balaban J connectivity index is 1.73. The second kappa shape index (κ2) is 3.96. The fourth-order valence-electron chi connectivity index (χ4n) is 5.11. The highest BCUT2D eigenvalue weighted by atomic mass is 16.3. The molecule has 0 aromatic heterocycles. The van der Waals surface area contributed by atoms with Crippen molar-refractivity contribution in [3.63, 3.8) is 0 Å². The maximum Gasteiger partial charge on any atom is 0.0729 e. The summed E-state index contributed by atoms with van der Waals surface area (Å²) in [6.45, 7) is 10.5. The maximum atomic E-state index is 11.1. The quantitative estimate of drug-likeness (QED) is 0.833. The number of fused-ring (bicyclic) bond motifs is 2. The molecule has 104 valence electrons. The van der Waals surface area contributed by atoms with Crippen molar-refractivity contribution in [1.29, 1.82) is 0 Å². The van der Waals surface area contributed by atoms with Crippen LogP contribution in [0, 0.1) is 16.7 Å². The van der Waals surface area contributed by atoms with Crippen molar-refractivity contribution >= 4 is 0 Å². The van der Waals surface area contributed by atoms with Gasteiger partial charge < -0.3 is 10.0 Å². The number of aliphatic hydroxyl groups is 1. The monoisotopic (exact) mass is 251 g/mol. The molecular formula is C16H29NO. The molecule has 2 aliphatic carbocycles. The lowest BCUT2D eigenvalue weighted by molar-refractivity contribution is -0.138. The topological polar surface area (TPSA) is 23.5 Å². The molecule has 0 radical (unpaired) electrons. The van der Waals surface area contributed by atoms with Crippen molar-refractivity contribution in [2.75, 3.05) is 19.6 Å². The molecule has 1 saturated heterocycles. The molecule has 0 spiro atoms. The van der Waals surface area contributed by atoms with Crippen LogP contribution in [0.3, 0.4) is 0 Å². The predicted octanol–water partition coefficient (Wildman–Crippen LogP) is 3.05. The van der Waals surface area contributed by atoms with Crippen LogP contribution in [0.4, 0.5) is 0 Å². The smallest absolute Gasteiger partial charge is 0.0729 e.